The minimum atomic E-state index is -1.57. The Morgan fingerprint density at radius 3 is 2.74 bits per heavy atom. The smallest absolute Gasteiger partial charge is 0.376 e. The van der Waals surface area contributed by atoms with Crippen molar-refractivity contribution in [2.24, 2.45) is 5.16 Å². The Balaban J connectivity index is 1.36. The first-order valence-electron chi connectivity index (χ1n) is 11.7. The van der Waals surface area contributed by atoms with Crippen LogP contribution in [0.15, 0.2) is 33.0 Å². The highest BCUT2D eigenvalue weighted by atomic mass is 32.2. The molecule has 8 N–H and O–H groups in total. The predicted molar refractivity (Wildman–Crippen MR) is 147 cm³/mol. The van der Waals surface area contributed by atoms with Crippen molar-refractivity contribution in [1.29, 1.82) is 0 Å². The monoisotopic (exact) mass is 635 g/mol. The molecular formula is C21H21N11O7S3. The van der Waals surface area contributed by atoms with Gasteiger partial charge in [-0.05, 0) is 5.57 Å². The minimum Gasteiger partial charge on any atom is -0.543 e. The zero-order chi connectivity index (χ0) is 30.3. The number of carboxylic acids is 2. The van der Waals surface area contributed by atoms with Gasteiger partial charge < -0.3 is 42.4 Å². The van der Waals surface area contributed by atoms with Gasteiger partial charge in [0.1, 0.15) is 30.0 Å². The summed E-state index contributed by atoms with van der Waals surface area (Å²) >= 11 is 3.39. The highest BCUT2D eigenvalue weighted by Gasteiger charge is 2.53. The van der Waals surface area contributed by atoms with Crippen molar-refractivity contribution in [2.75, 3.05) is 35.8 Å². The highest BCUT2D eigenvalue weighted by molar-refractivity contribution is 8.01. The van der Waals surface area contributed by atoms with Gasteiger partial charge in [-0.15, -0.1) is 23.1 Å². The first-order chi connectivity index (χ1) is 20.0. The molecule has 0 aromatic carbocycles. The van der Waals surface area contributed by atoms with Crippen LogP contribution in [0.2, 0.25) is 0 Å². The Bertz CT molecular complexity index is 1700. The summed E-state index contributed by atoms with van der Waals surface area (Å²) in [6.07, 6.45) is 0. The number of thiazole rings is 1. The maximum absolute atomic E-state index is 13.1. The Kier molecular flexibility index (Phi) is 7.79. The van der Waals surface area contributed by atoms with Gasteiger partial charge in [-0.25, -0.2) is 14.3 Å². The van der Waals surface area contributed by atoms with E-state index in [1.54, 1.807) is 0 Å². The fourth-order valence-electron chi connectivity index (χ4n) is 4.27. The van der Waals surface area contributed by atoms with Crippen LogP contribution in [0, 0.1) is 0 Å². The maximum Gasteiger partial charge on any atom is 0.376 e. The molecule has 220 valence electrons. The van der Waals surface area contributed by atoms with E-state index in [4.69, 9.17) is 22.0 Å². The van der Waals surface area contributed by atoms with E-state index in [9.17, 15) is 29.4 Å². The summed E-state index contributed by atoms with van der Waals surface area (Å²) in [6, 6.07) is 0.360. The van der Waals surface area contributed by atoms with Crippen LogP contribution in [0.5, 0.6) is 0 Å². The van der Waals surface area contributed by atoms with E-state index in [0.717, 1.165) is 28.0 Å². The van der Waals surface area contributed by atoms with Crippen LogP contribution < -0.4 is 32.2 Å². The van der Waals surface area contributed by atoms with Gasteiger partial charge >= 0.3 is 11.9 Å². The molecule has 0 radical (unpaired) electrons. The second-order valence-corrected chi connectivity index (χ2v) is 11.6. The van der Waals surface area contributed by atoms with Crippen LogP contribution >= 0.6 is 34.9 Å². The molecule has 2 aliphatic rings. The number of anilines is 3. The second kappa shape index (κ2) is 11.3. The third-order valence-corrected chi connectivity index (χ3v) is 9.04. The van der Waals surface area contributed by atoms with Gasteiger partial charge in [-0.2, -0.15) is 4.98 Å². The van der Waals surface area contributed by atoms with Crippen molar-refractivity contribution in [2.45, 2.75) is 23.1 Å². The van der Waals surface area contributed by atoms with E-state index < -0.39 is 41.7 Å². The summed E-state index contributed by atoms with van der Waals surface area (Å²) < 4.78 is 2.53. The normalized spacial score (nSPS) is 18.5. The number of amides is 2. The van der Waals surface area contributed by atoms with Gasteiger partial charge in [0.2, 0.25) is 10.8 Å². The van der Waals surface area contributed by atoms with Crippen LogP contribution in [-0.4, -0.2) is 89.1 Å². The van der Waals surface area contributed by atoms with Crippen molar-refractivity contribution >= 4 is 86.9 Å². The second-order valence-electron chi connectivity index (χ2n) is 8.65. The third-order valence-electron chi connectivity index (χ3n) is 6.01. The van der Waals surface area contributed by atoms with Crippen molar-refractivity contribution < 1.29 is 38.8 Å². The fourth-order valence-corrected chi connectivity index (χ4v) is 7.26. The summed E-state index contributed by atoms with van der Waals surface area (Å²) in [7, 11) is 1.24. The Morgan fingerprint density at radius 1 is 1.33 bits per heavy atom. The van der Waals surface area contributed by atoms with E-state index in [1.165, 1.54) is 39.4 Å². The van der Waals surface area contributed by atoms with Gasteiger partial charge in [0.05, 0.1) is 11.7 Å². The van der Waals surface area contributed by atoms with E-state index in [-0.39, 0.29) is 56.3 Å². The SMILES string of the molecule is CO/N=C(\C(=O)NC1C(=O)N2C(C(=O)[O-])=C(CSc3nc(N)cc4n3nc(N)[n+]4CC(=O)O)CS[C@H]12)c1csc(N)n1. The van der Waals surface area contributed by atoms with Gasteiger partial charge in [0.15, 0.2) is 17.4 Å². The van der Waals surface area contributed by atoms with Crippen LogP contribution in [-0.2, 0) is 30.6 Å². The number of hydrogen-bond acceptors (Lipinski definition) is 16. The number of aromatic nitrogens is 5. The number of carboxylic acid groups (broad SMARTS) is 2. The van der Waals surface area contributed by atoms with Crippen LogP contribution in [0.1, 0.15) is 5.69 Å². The van der Waals surface area contributed by atoms with E-state index >= 15 is 0 Å². The number of nitrogens with one attached hydrogen (secondary N) is 1. The molecule has 5 heterocycles. The average molecular weight is 636 g/mol. The van der Waals surface area contributed by atoms with Crippen molar-refractivity contribution in [3.05, 3.63) is 28.4 Å². The zero-order valence-corrected chi connectivity index (χ0v) is 23.9. The average Bonchev–Trinajstić information content (AvgIpc) is 3.50. The first kappa shape index (κ1) is 28.9. The molecule has 1 fully saturated rings. The molecule has 3 aromatic rings. The molecule has 0 bridgehead atoms. The molecule has 18 nitrogen and oxygen atoms in total. The number of β-lactam (4-membered cyclic amide) rings is 1. The maximum atomic E-state index is 13.1. The summed E-state index contributed by atoms with van der Waals surface area (Å²) in [5.74, 6) is -3.92. The molecule has 5 rings (SSSR count). The molecule has 2 amide bonds. The molecule has 1 saturated heterocycles. The molecule has 2 aliphatic heterocycles. The number of nitrogens with zero attached hydrogens (tertiary/aromatic N) is 7. The molecule has 2 atom stereocenters. The van der Waals surface area contributed by atoms with E-state index in [0.29, 0.717) is 5.57 Å². The first-order valence-corrected chi connectivity index (χ1v) is 14.6. The van der Waals surface area contributed by atoms with Crippen LogP contribution in [0.3, 0.4) is 0 Å². The number of thioether (sulfide) groups is 2. The molecule has 0 saturated carbocycles. The summed E-state index contributed by atoms with van der Waals surface area (Å²) in [5, 5.41) is 33.0. The lowest BCUT2D eigenvalue weighted by molar-refractivity contribution is -0.646. The van der Waals surface area contributed by atoms with Crippen LogP contribution in [0.4, 0.5) is 16.9 Å². The summed E-state index contributed by atoms with van der Waals surface area (Å²) in [6.45, 7) is -0.466. The molecular weight excluding hydrogens is 615 g/mol. The predicted octanol–water partition coefficient (Wildman–Crippen LogP) is -3.15. The van der Waals surface area contributed by atoms with Crippen molar-refractivity contribution in [1.82, 2.24) is 29.8 Å². The number of carbonyl (C=O) groups is 4. The minimum absolute atomic E-state index is 0.0456. The highest BCUT2D eigenvalue weighted by Crippen LogP contribution is 2.41. The molecule has 0 aliphatic carbocycles. The van der Waals surface area contributed by atoms with E-state index in [1.807, 2.05) is 0 Å². The molecule has 3 aromatic heterocycles. The van der Waals surface area contributed by atoms with E-state index in [2.05, 4.69) is 25.5 Å². The van der Waals surface area contributed by atoms with Crippen molar-refractivity contribution in [3.63, 3.8) is 0 Å². The summed E-state index contributed by atoms with van der Waals surface area (Å²) in [5.41, 5.74) is 17.7. The molecule has 42 heavy (non-hydrogen) atoms. The van der Waals surface area contributed by atoms with Gasteiger partial charge in [-0.3, -0.25) is 14.5 Å². The molecule has 1 unspecified atom stereocenters. The topological polar surface area (TPSA) is 273 Å². The standard InChI is InChI=1S/C21H21N11O7S3/c1-39-29-12(8-6-41-20(24)25-8)15(35)27-13-16(36)31-14(18(37)38)7(4-40-17(13)31)5-42-21-26-9(22)2-10-30(3-11(33)34)19(23)28-32(10)21/h2,6,13,17,22H,3-5H2,1H3,(H7,23,24,25,27,28,33,34,35,37,38)/b29-12-/t13?,17-/m1/s1. The Labute approximate surface area is 247 Å². The number of nitrogen functional groups attached to an aromatic ring is 3. The number of fused-ring (bicyclic) bond motifs is 2. The zero-order valence-electron chi connectivity index (χ0n) is 21.4. The largest absolute Gasteiger partial charge is 0.543 e. The van der Waals surface area contributed by atoms with Gasteiger partial charge in [0, 0.05) is 28.1 Å². The van der Waals surface area contributed by atoms with Gasteiger partial charge in [-0.1, -0.05) is 21.4 Å². The number of hydrogen-bond donors (Lipinski definition) is 5. The number of carbonyl (C=O) groups excluding carboxylic acids is 3. The lowest BCUT2D eigenvalue weighted by Crippen LogP contribution is -2.71. The summed E-state index contributed by atoms with van der Waals surface area (Å²) in [4.78, 5) is 63.5. The number of aliphatic carboxylic acids is 2. The van der Waals surface area contributed by atoms with Crippen molar-refractivity contribution in [3.8, 4) is 0 Å². The molecule has 0 spiro atoms. The fraction of sp³-hybridized carbons (Fsp3) is 0.286. The Morgan fingerprint density at radius 2 is 2.10 bits per heavy atom. The number of rotatable bonds is 10. The third kappa shape index (κ3) is 5.23. The number of nitrogens with two attached hydrogens (primary N) is 3. The molecule has 21 heteroatoms. The quantitative estimate of drug-likeness (QED) is 0.0367. The van der Waals surface area contributed by atoms with Gasteiger partial charge in [0.25, 0.3) is 11.8 Å². The Hall–Kier alpha value is -4.63. The lowest BCUT2D eigenvalue weighted by atomic mass is 10.0. The van der Waals surface area contributed by atoms with Crippen LogP contribution in [0.25, 0.3) is 5.65 Å². The number of oxime groups is 1. The lowest BCUT2D eigenvalue weighted by Gasteiger charge is -2.50.